The molecule has 0 aromatic rings. The molecule has 0 bridgehead atoms. The van der Waals surface area contributed by atoms with Crippen LogP contribution in [0.15, 0.2) is 24.3 Å². The van der Waals surface area contributed by atoms with Crippen molar-refractivity contribution in [2.24, 2.45) is 29.1 Å². The Bertz CT molecular complexity index is 391. The molecule has 0 heterocycles. The lowest BCUT2D eigenvalue weighted by atomic mass is 9.53. The molecule has 5 atom stereocenters. The fourth-order valence-corrected chi connectivity index (χ4v) is 5.33. The molecule has 0 amide bonds. The minimum absolute atomic E-state index is 0.523. The van der Waals surface area contributed by atoms with E-state index in [-0.39, 0.29) is 0 Å². The van der Waals surface area contributed by atoms with Crippen LogP contribution in [0.2, 0.25) is 0 Å². The third-order valence-corrected chi connectivity index (χ3v) is 6.92. The van der Waals surface area contributed by atoms with Crippen LogP contribution in [0.5, 0.6) is 0 Å². The summed E-state index contributed by atoms with van der Waals surface area (Å²) in [6.07, 6.45) is 17.2. The summed E-state index contributed by atoms with van der Waals surface area (Å²) in [5.41, 5.74) is 2.34. The van der Waals surface area contributed by atoms with Gasteiger partial charge in [-0.3, -0.25) is 0 Å². The summed E-state index contributed by atoms with van der Waals surface area (Å²) in [6.45, 7) is 21.8. The number of rotatable bonds is 7. The monoisotopic (exact) mass is 362 g/mol. The van der Waals surface area contributed by atoms with E-state index >= 15 is 0 Å². The fourth-order valence-electron chi connectivity index (χ4n) is 5.33. The maximum Gasteiger partial charge on any atom is -0.00853 e. The van der Waals surface area contributed by atoms with Crippen LogP contribution < -0.4 is 0 Å². The summed E-state index contributed by atoms with van der Waals surface area (Å²) >= 11 is 0. The zero-order valence-corrected chi connectivity index (χ0v) is 19.5. The number of allylic oxidation sites excluding steroid dienone is 3. The number of hydrogen-bond donors (Lipinski definition) is 0. The van der Waals surface area contributed by atoms with Gasteiger partial charge in [-0.15, -0.1) is 6.58 Å². The molecule has 0 heteroatoms. The van der Waals surface area contributed by atoms with Gasteiger partial charge in [0.2, 0.25) is 0 Å². The van der Waals surface area contributed by atoms with Gasteiger partial charge in [-0.2, -0.15) is 0 Å². The average Bonchev–Trinajstić information content (AvgIpc) is 2.69. The average molecular weight is 363 g/mol. The molecular formula is C26H50. The van der Waals surface area contributed by atoms with E-state index in [1.165, 1.54) is 57.8 Å². The molecule has 0 spiro atoms. The van der Waals surface area contributed by atoms with E-state index in [1.54, 1.807) is 0 Å². The highest BCUT2D eigenvalue weighted by Gasteiger charge is 2.46. The maximum atomic E-state index is 3.95. The first kappa shape index (κ1) is 25.5. The molecule has 26 heavy (non-hydrogen) atoms. The number of fused-ring (bicyclic) bond motifs is 1. The van der Waals surface area contributed by atoms with Crippen LogP contribution in [-0.2, 0) is 0 Å². The van der Waals surface area contributed by atoms with E-state index in [4.69, 9.17) is 0 Å². The maximum absolute atomic E-state index is 3.95. The van der Waals surface area contributed by atoms with Crippen LogP contribution in [0, 0.1) is 29.1 Å². The Morgan fingerprint density at radius 2 is 1.85 bits per heavy atom. The second-order valence-corrected chi connectivity index (χ2v) is 8.40. The van der Waals surface area contributed by atoms with Crippen LogP contribution >= 0.6 is 0 Å². The minimum Gasteiger partial charge on any atom is -0.103 e. The van der Waals surface area contributed by atoms with Crippen molar-refractivity contribution >= 4 is 0 Å². The van der Waals surface area contributed by atoms with Crippen LogP contribution in [0.1, 0.15) is 113 Å². The van der Waals surface area contributed by atoms with Crippen LogP contribution in [-0.4, -0.2) is 0 Å². The Hall–Kier alpha value is -0.520. The highest BCUT2D eigenvalue weighted by molar-refractivity contribution is 5.21. The summed E-state index contributed by atoms with van der Waals surface area (Å²) in [6, 6.07) is 0. The molecule has 2 aliphatic rings. The van der Waals surface area contributed by atoms with E-state index in [1.807, 2.05) is 33.3 Å². The molecule has 0 aromatic heterocycles. The van der Waals surface area contributed by atoms with Gasteiger partial charge in [0, 0.05) is 0 Å². The SMILES string of the molecule is C=CC(C)CCC(C)C1CCC2=CCCCC2(C)C1CCC.CC.CC. The second-order valence-electron chi connectivity index (χ2n) is 8.40. The van der Waals surface area contributed by atoms with Gasteiger partial charge in [0.15, 0.2) is 0 Å². The summed E-state index contributed by atoms with van der Waals surface area (Å²) in [5, 5.41) is 0. The number of hydrogen-bond acceptors (Lipinski definition) is 0. The molecule has 5 unspecified atom stereocenters. The van der Waals surface area contributed by atoms with Gasteiger partial charge in [-0.1, -0.05) is 79.5 Å². The van der Waals surface area contributed by atoms with Crippen molar-refractivity contribution in [2.75, 3.05) is 0 Å². The van der Waals surface area contributed by atoms with Crippen LogP contribution in [0.4, 0.5) is 0 Å². The first-order chi connectivity index (χ1) is 12.5. The second kappa shape index (κ2) is 13.6. The van der Waals surface area contributed by atoms with Crippen LogP contribution in [0.25, 0.3) is 0 Å². The lowest BCUT2D eigenvalue weighted by Crippen LogP contribution is -2.42. The predicted octanol–water partition coefficient (Wildman–Crippen LogP) is 9.22. The highest BCUT2D eigenvalue weighted by Crippen LogP contribution is 2.56. The standard InChI is InChI=1S/C22H38.2C2H6/c1-6-10-21-20(18(4)13-12-17(3)7-2)15-14-19-11-8-9-16-22(19,21)5;2*1-2/h7,11,17-18,20-21H,2,6,8-10,12-16H2,1,3-5H3;2*1-2H3. The molecule has 154 valence electrons. The van der Waals surface area contributed by atoms with Crippen molar-refractivity contribution in [3.05, 3.63) is 24.3 Å². The van der Waals surface area contributed by atoms with Gasteiger partial charge in [0.25, 0.3) is 0 Å². The Morgan fingerprint density at radius 1 is 1.19 bits per heavy atom. The molecule has 1 saturated carbocycles. The minimum atomic E-state index is 0.523. The van der Waals surface area contributed by atoms with Gasteiger partial charge in [-0.25, -0.2) is 0 Å². The molecule has 0 aromatic carbocycles. The highest BCUT2D eigenvalue weighted by atomic mass is 14.5. The molecule has 0 aliphatic heterocycles. The Morgan fingerprint density at radius 3 is 2.42 bits per heavy atom. The summed E-state index contributed by atoms with van der Waals surface area (Å²) in [7, 11) is 0. The molecular weight excluding hydrogens is 312 g/mol. The van der Waals surface area contributed by atoms with Crippen molar-refractivity contribution in [3.63, 3.8) is 0 Å². The van der Waals surface area contributed by atoms with Crippen molar-refractivity contribution in [1.29, 1.82) is 0 Å². The van der Waals surface area contributed by atoms with Crippen molar-refractivity contribution in [2.45, 2.75) is 113 Å². The fraction of sp³-hybridized carbons (Fsp3) is 0.846. The zero-order valence-electron chi connectivity index (χ0n) is 19.5. The van der Waals surface area contributed by atoms with Crippen LogP contribution in [0.3, 0.4) is 0 Å². The summed E-state index contributed by atoms with van der Waals surface area (Å²) in [4.78, 5) is 0. The van der Waals surface area contributed by atoms with Gasteiger partial charge >= 0.3 is 0 Å². The normalized spacial score (nSPS) is 29.6. The molecule has 0 N–H and O–H groups in total. The zero-order chi connectivity index (χ0) is 20.2. The predicted molar refractivity (Wildman–Crippen MR) is 122 cm³/mol. The van der Waals surface area contributed by atoms with Gasteiger partial charge in [0.1, 0.15) is 0 Å². The summed E-state index contributed by atoms with van der Waals surface area (Å²) < 4.78 is 0. The summed E-state index contributed by atoms with van der Waals surface area (Å²) in [5.74, 6) is 3.42. The Kier molecular flexibility index (Phi) is 13.3. The van der Waals surface area contributed by atoms with Gasteiger partial charge in [-0.05, 0) is 80.5 Å². The smallest absolute Gasteiger partial charge is 0.00853 e. The van der Waals surface area contributed by atoms with E-state index in [9.17, 15) is 0 Å². The van der Waals surface area contributed by atoms with Crippen molar-refractivity contribution in [3.8, 4) is 0 Å². The lowest BCUT2D eigenvalue weighted by molar-refractivity contribution is 0.0507. The topological polar surface area (TPSA) is 0 Å². The molecule has 2 aliphatic carbocycles. The lowest BCUT2D eigenvalue weighted by Gasteiger charge is -2.52. The van der Waals surface area contributed by atoms with E-state index in [0.717, 1.165) is 17.8 Å². The molecule has 0 radical (unpaired) electrons. The van der Waals surface area contributed by atoms with Gasteiger partial charge < -0.3 is 0 Å². The third kappa shape index (κ3) is 6.58. The van der Waals surface area contributed by atoms with E-state index < -0.39 is 0 Å². The first-order valence-corrected chi connectivity index (χ1v) is 11.8. The quantitative estimate of drug-likeness (QED) is 0.396. The van der Waals surface area contributed by atoms with E-state index in [0.29, 0.717) is 11.3 Å². The molecule has 1 fully saturated rings. The third-order valence-electron chi connectivity index (χ3n) is 6.92. The van der Waals surface area contributed by atoms with Gasteiger partial charge in [0.05, 0.1) is 0 Å². The van der Waals surface area contributed by atoms with Crippen molar-refractivity contribution < 1.29 is 0 Å². The Labute approximate surface area is 166 Å². The largest absolute Gasteiger partial charge is 0.103 e. The van der Waals surface area contributed by atoms with E-state index in [2.05, 4.69) is 46.4 Å². The Balaban J connectivity index is 0.00000146. The van der Waals surface area contributed by atoms with Crippen molar-refractivity contribution in [1.82, 2.24) is 0 Å². The molecule has 0 saturated heterocycles. The first-order valence-electron chi connectivity index (χ1n) is 11.8. The molecule has 0 nitrogen and oxygen atoms in total. The molecule has 2 rings (SSSR count).